The van der Waals surface area contributed by atoms with Gasteiger partial charge < -0.3 is 22.8 Å². The van der Waals surface area contributed by atoms with Crippen LogP contribution in [0.4, 0.5) is 0 Å². The van der Waals surface area contributed by atoms with E-state index in [9.17, 15) is 0 Å². The van der Waals surface area contributed by atoms with Gasteiger partial charge in [-0.1, -0.05) is 0 Å². The van der Waals surface area contributed by atoms with Gasteiger partial charge in [0.05, 0.1) is 13.2 Å². The Balaban J connectivity index is 2.33. The van der Waals surface area contributed by atoms with Gasteiger partial charge in [-0.2, -0.15) is 0 Å². The largest absolute Gasteiger partial charge is 0.409 e. The Morgan fingerprint density at radius 1 is 0.583 bits per heavy atom. The zero-order chi connectivity index (χ0) is 18.3. The predicted octanol–water partition coefficient (Wildman–Crippen LogP) is 3.44. The maximum atomic E-state index is 6.63. The van der Waals surface area contributed by atoms with Crippen LogP contribution in [0.25, 0.3) is 0 Å². The molecule has 0 saturated carbocycles. The highest BCUT2D eigenvalue weighted by molar-refractivity contribution is 6.70. The van der Waals surface area contributed by atoms with E-state index in [1.54, 1.807) is 0 Å². The smallest absolute Gasteiger partial charge is 0.184 e. The van der Waals surface area contributed by atoms with Crippen LogP contribution in [0.2, 0.25) is 58.9 Å². The monoisotopic (exact) mass is 392 g/mol. The van der Waals surface area contributed by atoms with Crippen LogP contribution in [0.5, 0.6) is 0 Å². The summed E-state index contributed by atoms with van der Waals surface area (Å²) in [5.41, 5.74) is 0. The van der Waals surface area contributed by atoms with E-state index in [1.165, 1.54) is 0 Å². The summed E-state index contributed by atoms with van der Waals surface area (Å²) >= 11 is 0. The van der Waals surface area contributed by atoms with Gasteiger partial charge in [0.2, 0.25) is 0 Å². The molecule has 2 aliphatic heterocycles. The third-order valence-electron chi connectivity index (χ3n) is 3.76. The summed E-state index contributed by atoms with van der Waals surface area (Å²) in [5.74, 6) is 0. The lowest BCUT2D eigenvalue weighted by Gasteiger charge is -2.52. The van der Waals surface area contributed by atoms with Crippen LogP contribution in [0.3, 0.4) is 0 Å². The quantitative estimate of drug-likeness (QED) is 0.648. The Bertz CT molecular complexity index is 397. The second-order valence-corrected chi connectivity index (χ2v) is 23.2. The summed E-state index contributed by atoms with van der Waals surface area (Å²) in [6.45, 7) is 21.1. The number of rotatable bonds is 6. The second-order valence-electron chi connectivity index (χ2n) is 9.83. The van der Waals surface area contributed by atoms with Crippen LogP contribution < -0.4 is 0 Å². The van der Waals surface area contributed by atoms with Crippen LogP contribution in [0.15, 0.2) is 0 Å². The first-order valence-corrected chi connectivity index (χ1v) is 19.2. The summed E-state index contributed by atoms with van der Waals surface area (Å²) in [6.07, 6.45) is -0.401. The predicted molar refractivity (Wildman–Crippen MR) is 104 cm³/mol. The molecule has 5 atom stereocenters. The van der Waals surface area contributed by atoms with E-state index < -0.39 is 25.0 Å². The van der Waals surface area contributed by atoms with E-state index in [2.05, 4.69) is 58.9 Å². The summed E-state index contributed by atoms with van der Waals surface area (Å²) in [6, 6.07) is 0. The van der Waals surface area contributed by atoms with Gasteiger partial charge in [0, 0.05) is 0 Å². The third-order valence-corrected chi connectivity index (χ3v) is 6.70. The maximum absolute atomic E-state index is 6.63. The first-order valence-electron chi connectivity index (χ1n) is 9.02. The van der Waals surface area contributed by atoms with Gasteiger partial charge in [-0.15, -0.1) is 0 Å². The van der Waals surface area contributed by atoms with Crippen molar-refractivity contribution in [3.8, 4) is 0 Å². The molecule has 0 amide bonds. The van der Waals surface area contributed by atoms with Gasteiger partial charge in [-0.25, -0.2) is 0 Å². The van der Waals surface area contributed by atoms with Crippen LogP contribution in [-0.2, 0) is 22.8 Å². The topological polar surface area (TPSA) is 46.2 Å². The molecule has 2 heterocycles. The summed E-state index contributed by atoms with van der Waals surface area (Å²) in [4.78, 5) is 0. The Labute approximate surface area is 150 Å². The molecule has 0 aliphatic carbocycles. The van der Waals surface area contributed by atoms with Gasteiger partial charge in [0.25, 0.3) is 0 Å². The molecule has 24 heavy (non-hydrogen) atoms. The molecule has 0 aromatic carbocycles. The van der Waals surface area contributed by atoms with E-state index in [1.807, 2.05) is 0 Å². The highest BCUT2D eigenvalue weighted by Gasteiger charge is 2.52. The Morgan fingerprint density at radius 2 is 0.917 bits per heavy atom. The minimum absolute atomic E-state index is 0.0571. The fourth-order valence-electron chi connectivity index (χ4n) is 3.20. The molecule has 2 aliphatic rings. The molecule has 2 rings (SSSR count). The van der Waals surface area contributed by atoms with E-state index >= 15 is 0 Å². The Morgan fingerprint density at radius 3 is 1.25 bits per heavy atom. The Hall–Kier alpha value is 0.451. The summed E-state index contributed by atoms with van der Waals surface area (Å²) in [5, 5.41) is 0. The molecule has 2 fully saturated rings. The molecule has 5 nitrogen and oxygen atoms in total. The van der Waals surface area contributed by atoms with E-state index in [0.717, 1.165) is 0 Å². The van der Waals surface area contributed by atoms with Crippen molar-refractivity contribution in [3.63, 3.8) is 0 Å². The van der Waals surface area contributed by atoms with Crippen molar-refractivity contribution in [3.05, 3.63) is 0 Å². The summed E-state index contributed by atoms with van der Waals surface area (Å²) in [7, 11) is -5.25. The third kappa shape index (κ3) is 6.01. The molecule has 0 spiro atoms. The molecular weight excluding hydrogens is 356 g/mol. The lowest BCUT2D eigenvalue weighted by Crippen LogP contribution is -2.68. The summed E-state index contributed by atoms with van der Waals surface area (Å²) < 4.78 is 31.8. The molecule has 0 aromatic heterocycles. The lowest BCUT2D eigenvalue weighted by atomic mass is 9.94. The van der Waals surface area contributed by atoms with Crippen molar-refractivity contribution in [2.24, 2.45) is 0 Å². The molecule has 2 saturated heterocycles. The van der Waals surface area contributed by atoms with Crippen molar-refractivity contribution < 1.29 is 22.8 Å². The van der Waals surface area contributed by atoms with Gasteiger partial charge in [-0.05, 0) is 58.9 Å². The standard InChI is InChI=1S/C16H36O5Si3/c1-22(2,3)19-14-12-10-17-11-13(18-12)15(20-23(4,5)6)16(14)21-24(7,8)9/h12-16H,10-11H2,1-9H3/t12-,13+,14-,15+,16?. The van der Waals surface area contributed by atoms with Gasteiger partial charge in [-0.3, -0.25) is 0 Å². The first kappa shape index (κ1) is 20.8. The van der Waals surface area contributed by atoms with E-state index in [-0.39, 0.29) is 30.5 Å². The van der Waals surface area contributed by atoms with Crippen LogP contribution in [0, 0.1) is 0 Å². The maximum Gasteiger partial charge on any atom is 0.184 e. The molecular formula is C16H36O5Si3. The minimum Gasteiger partial charge on any atom is -0.409 e. The highest BCUT2D eigenvalue weighted by atomic mass is 28.4. The number of hydrogen-bond donors (Lipinski definition) is 0. The molecule has 1 unspecified atom stereocenters. The normalized spacial score (nSPS) is 35.1. The molecule has 0 radical (unpaired) electrons. The van der Waals surface area contributed by atoms with Gasteiger partial charge in [0.15, 0.2) is 25.0 Å². The number of ether oxygens (including phenoxy) is 2. The fourth-order valence-corrected chi connectivity index (χ4v) is 6.49. The fraction of sp³-hybridized carbons (Fsp3) is 1.00. The van der Waals surface area contributed by atoms with Crippen LogP contribution >= 0.6 is 0 Å². The van der Waals surface area contributed by atoms with Crippen molar-refractivity contribution in [1.29, 1.82) is 0 Å². The van der Waals surface area contributed by atoms with Crippen molar-refractivity contribution in [1.82, 2.24) is 0 Å². The SMILES string of the molecule is C[Si](C)(C)OC1[C@@H](O[Si](C)(C)C)[C@@H]2COC[C@@H](O2)[C@H]1O[Si](C)(C)C. The highest BCUT2D eigenvalue weighted by Crippen LogP contribution is 2.35. The molecule has 0 N–H and O–H groups in total. The van der Waals surface area contributed by atoms with Crippen molar-refractivity contribution in [2.75, 3.05) is 13.2 Å². The number of fused-ring (bicyclic) bond motifs is 2. The van der Waals surface area contributed by atoms with E-state index in [0.29, 0.717) is 13.2 Å². The minimum atomic E-state index is -1.75. The molecule has 8 heteroatoms. The van der Waals surface area contributed by atoms with Gasteiger partial charge >= 0.3 is 0 Å². The number of hydrogen-bond acceptors (Lipinski definition) is 5. The van der Waals surface area contributed by atoms with Gasteiger partial charge in [0.1, 0.15) is 30.5 Å². The average molecular weight is 393 g/mol. The second kappa shape index (κ2) is 7.22. The molecule has 0 aromatic rings. The van der Waals surface area contributed by atoms with Crippen molar-refractivity contribution in [2.45, 2.75) is 89.4 Å². The van der Waals surface area contributed by atoms with Crippen LogP contribution in [0.1, 0.15) is 0 Å². The molecule has 142 valence electrons. The zero-order valence-corrected chi connectivity index (χ0v) is 19.8. The molecule has 2 bridgehead atoms. The zero-order valence-electron chi connectivity index (χ0n) is 16.8. The lowest BCUT2D eigenvalue weighted by molar-refractivity contribution is -0.260. The Kier molecular flexibility index (Phi) is 6.25. The van der Waals surface area contributed by atoms with Crippen LogP contribution in [-0.4, -0.2) is 68.7 Å². The first-order chi connectivity index (χ1) is 10.8. The average Bonchev–Trinajstić information content (AvgIpc) is 2.36. The van der Waals surface area contributed by atoms with Crippen molar-refractivity contribution >= 4 is 25.0 Å². The van der Waals surface area contributed by atoms with E-state index in [4.69, 9.17) is 22.8 Å².